The van der Waals surface area contributed by atoms with Gasteiger partial charge in [-0.25, -0.2) is 4.39 Å². The van der Waals surface area contributed by atoms with Crippen molar-refractivity contribution in [3.8, 4) is 0 Å². The Balaban J connectivity index is 2.27. The Bertz CT molecular complexity index is 517. The second kappa shape index (κ2) is 5.15. The van der Waals surface area contributed by atoms with E-state index in [0.29, 0.717) is 16.9 Å². The van der Waals surface area contributed by atoms with Crippen molar-refractivity contribution < 1.29 is 9.18 Å². The monoisotopic (exact) mass is 246 g/mol. The molecule has 2 aromatic carbocycles. The Morgan fingerprint density at radius 2 is 1.41 bits per heavy atom. The van der Waals surface area contributed by atoms with E-state index in [1.54, 1.807) is 12.1 Å². The van der Waals surface area contributed by atoms with Crippen LogP contribution in [-0.4, -0.2) is 5.78 Å². The van der Waals surface area contributed by atoms with Crippen molar-refractivity contribution in [1.82, 2.24) is 0 Å². The molecule has 2 aromatic rings. The molecule has 0 saturated carbocycles. The highest BCUT2D eigenvalue weighted by Gasteiger charge is 2.08. The van der Waals surface area contributed by atoms with E-state index in [0.717, 1.165) is 5.56 Å². The van der Waals surface area contributed by atoms with Gasteiger partial charge in [-0.05, 0) is 29.8 Å². The van der Waals surface area contributed by atoms with Crippen LogP contribution in [0.4, 0.5) is 4.39 Å². The number of benzene rings is 2. The summed E-state index contributed by atoms with van der Waals surface area (Å²) in [5.41, 5.74) is 2.15. The third-order valence-corrected chi connectivity index (χ3v) is 2.87. The van der Waals surface area contributed by atoms with E-state index in [2.05, 4.69) is 12.6 Å². The fraction of sp³-hybridized carbons (Fsp3) is 0.0714. The Hall–Kier alpha value is -1.61. The van der Waals surface area contributed by atoms with Crippen molar-refractivity contribution in [1.29, 1.82) is 0 Å². The van der Waals surface area contributed by atoms with Gasteiger partial charge in [-0.2, -0.15) is 12.6 Å². The summed E-state index contributed by atoms with van der Waals surface area (Å²) in [7, 11) is 0. The molecule has 0 unspecified atom stereocenters. The molecule has 0 atom stereocenters. The first kappa shape index (κ1) is 11.9. The van der Waals surface area contributed by atoms with Gasteiger partial charge in [0.25, 0.3) is 0 Å². The molecule has 0 aliphatic heterocycles. The van der Waals surface area contributed by atoms with E-state index in [1.807, 2.05) is 12.1 Å². The van der Waals surface area contributed by atoms with E-state index < -0.39 is 0 Å². The number of hydrogen-bond donors (Lipinski definition) is 1. The predicted molar refractivity (Wildman–Crippen MR) is 69.0 cm³/mol. The zero-order chi connectivity index (χ0) is 12.3. The number of carbonyl (C=O) groups is 1. The molecule has 0 aliphatic rings. The fourth-order valence-corrected chi connectivity index (χ4v) is 1.74. The number of rotatable bonds is 3. The highest BCUT2D eigenvalue weighted by Crippen LogP contribution is 2.12. The summed E-state index contributed by atoms with van der Waals surface area (Å²) < 4.78 is 12.7. The number of ketones is 1. The fourth-order valence-electron chi connectivity index (χ4n) is 1.53. The molecule has 0 amide bonds. The number of hydrogen-bond acceptors (Lipinski definition) is 2. The number of carbonyl (C=O) groups excluding carboxylic acids is 1. The van der Waals surface area contributed by atoms with E-state index in [9.17, 15) is 9.18 Å². The molecule has 0 radical (unpaired) electrons. The molecular formula is C14H11FOS. The average molecular weight is 246 g/mol. The largest absolute Gasteiger partial charge is 0.289 e. The Morgan fingerprint density at radius 3 is 1.88 bits per heavy atom. The van der Waals surface area contributed by atoms with Crippen LogP contribution in [0.15, 0.2) is 48.5 Å². The van der Waals surface area contributed by atoms with Gasteiger partial charge in [0.2, 0.25) is 0 Å². The molecule has 86 valence electrons. The first-order valence-electron chi connectivity index (χ1n) is 5.21. The van der Waals surface area contributed by atoms with Gasteiger partial charge in [-0.1, -0.05) is 24.3 Å². The predicted octanol–water partition coefficient (Wildman–Crippen LogP) is 3.49. The van der Waals surface area contributed by atoms with Gasteiger partial charge in [-0.3, -0.25) is 4.79 Å². The van der Waals surface area contributed by atoms with Crippen LogP contribution in [0.25, 0.3) is 0 Å². The van der Waals surface area contributed by atoms with Crippen molar-refractivity contribution in [2.24, 2.45) is 0 Å². The van der Waals surface area contributed by atoms with Crippen LogP contribution in [0.5, 0.6) is 0 Å². The van der Waals surface area contributed by atoms with Crippen molar-refractivity contribution >= 4 is 18.4 Å². The quantitative estimate of drug-likeness (QED) is 0.648. The molecule has 17 heavy (non-hydrogen) atoms. The maximum Gasteiger partial charge on any atom is 0.193 e. The van der Waals surface area contributed by atoms with Crippen LogP contribution in [0.2, 0.25) is 0 Å². The molecular weight excluding hydrogens is 235 g/mol. The molecule has 0 saturated heterocycles. The first-order valence-corrected chi connectivity index (χ1v) is 5.84. The third kappa shape index (κ3) is 2.74. The third-order valence-electron chi connectivity index (χ3n) is 2.51. The molecule has 0 aliphatic carbocycles. The van der Waals surface area contributed by atoms with Gasteiger partial charge in [0.05, 0.1) is 0 Å². The highest BCUT2D eigenvalue weighted by atomic mass is 32.1. The van der Waals surface area contributed by atoms with Crippen molar-refractivity contribution in [2.75, 3.05) is 0 Å². The van der Waals surface area contributed by atoms with Gasteiger partial charge in [0.15, 0.2) is 5.78 Å². The molecule has 2 rings (SSSR count). The summed E-state index contributed by atoms with van der Waals surface area (Å²) >= 11 is 4.15. The van der Waals surface area contributed by atoms with Gasteiger partial charge < -0.3 is 0 Å². The summed E-state index contributed by atoms with van der Waals surface area (Å²) in [5.74, 6) is 0.202. The first-order chi connectivity index (χ1) is 8.20. The average Bonchev–Trinajstić information content (AvgIpc) is 2.39. The zero-order valence-corrected chi connectivity index (χ0v) is 9.95. The Morgan fingerprint density at radius 1 is 0.941 bits per heavy atom. The minimum atomic E-state index is -0.341. The summed E-state index contributed by atoms with van der Waals surface area (Å²) in [5, 5.41) is 0. The summed E-state index contributed by atoms with van der Waals surface area (Å²) in [4.78, 5) is 12.0. The standard InChI is InChI=1S/C14H11FOS/c15-13-7-5-12(6-8-13)14(16)11-3-1-10(9-17)2-4-11/h1-8,17H,9H2. The molecule has 0 heterocycles. The normalized spacial score (nSPS) is 10.2. The molecule has 0 fully saturated rings. The molecule has 0 bridgehead atoms. The van der Waals surface area contributed by atoms with Crippen molar-refractivity contribution in [3.05, 3.63) is 71.0 Å². The Labute approximate surface area is 105 Å². The minimum Gasteiger partial charge on any atom is -0.289 e. The van der Waals surface area contributed by atoms with E-state index in [1.165, 1.54) is 24.3 Å². The number of halogens is 1. The lowest BCUT2D eigenvalue weighted by Gasteiger charge is -2.02. The van der Waals surface area contributed by atoms with Gasteiger partial charge in [-0.15, -0.1) is 0 Å². The van der Waals surface area contributed by atoms with E-state index in [-0.39, 0.29) is 11.6 Å². The minimum absolute atomic E-state index is 0.101. The number of thiol groups is 1. The zero-order valence-electron chi connectivity index (χ0n) is 9.06. The molecule has 3 heteroatoms. The second-order valence-electron chi connectivity index (χ2n) is 3.69. The lowest BCUT2D eigenvalue weighted by atomic mass is 10.0. The van der Waals surface area contributed by atoms with E-state index >= 15 is 0 Å². The van der Waals surface area contributed by atoms with Gasteiger partial charge >= 0.3 is 0 Å². The molecule has 0 N–H and O–H groups in total. The lowest BCUT2D eigenvalue weighted by molar-refractivity contribution is 0.103. The van der Waals surface area contributed by atoms with Crippen LogP contribution in [0, 0.1) is 5.82 Å². The van der Waals surface area contributed by atoms with Crippen molar-refractivity contribution in [3.63, 3.8) is 0 Å². The lowest BCUT2D eigenvalue weighted by Crippen LogP contribution is -2.01. The smallest absolute Gasteiger partial charge is 0.193 e. The second-order valence-corrected chi connectivity index (χ2v) is 4.01. The summed E-state index contributed by atoms with van der Waals surface area (Å²) in [6.07, 6.45) is 0. The summed E-state index contributed by atoms with van der Waals surface area (Å²) in [6, 6.07) is 12.8. The maximum absolute atomic E-state index is 12.7. The van der Waals surface area contributed by atoms with Crippen LogP contribution < -0.4 is 0 Å². The van der Waals surface area contributed by atoms with E-state index in [4.69, 9.17) is 0 Å². The Kier molecular flexibility index (Phi) is 3.59. The molecule has 1 nitrogen and oxygen atoms in total. The van der Waals surface area contributed by atoms with Crippen LogP contribution in [0.1, 0.15) is 21.5 Å². The molecule has 0 spiro atoms. The van der Waals surface area contributed by atoms with Crippen LogP contribution in [0.3, 0.4) is 0 Å². The SMILES string of the molecule is O=C(c1ccc(F)cc1)c1ccc(CS)cc1. The van der Waals surface area contributed by atoms with Gasteiger partial charge in [0, 0.05) is 16.9 Å². The highest BCUT2D eigenvalue weighted by molar-refractivity contribution is 7.79. The molecule has 0 aromatic heterocycles. The summed E-state index contributed by atoms with van der Waals surface area (Å²) in [6.45, 7) is 0. The maximum atomic E-state index is 12.7. The van der Waals surface area contributed by atoms with Crippen molar-refractivity contribution in [2.45, 2.75) is 5.75 Å². The van der Waals surface area contributed by atoms with Gasteiger partial charge in [0.1, 0.15) is 5.82 Å². The van der Waals surface area contributed by atoms with Crippen LogP contribution in [-0.2, 0) is 5.75 Å². The van der Waals surface area contributed by atoms with Crippen LogP contribution >= 0.6 is 12.6 Å². The topological polar surface area (TPSA) is 17.1 Å².